The zero-order chi connectivity index (χ0) is 10.5. The molecule has 0 saturated carbocycles. The largest absolute Gasteiger partial charge is 0.204 e. The van der Waals surface area contributed by atoms with E-state index < -0.39 is 0 Å². The van der Waals surface area contributed by atoms with Gasteiger partial charge in [0, 0.05) is 0 Å². The minimum absolute atomic E-state index is 0.548. The molecule has 6 heteroatoms. The maximum Gasteiger partial charge on any atom is 0.0897 e. The van der Waals surface area contributed by atoms with Crippen molar-refractivity contribution >= 4 is 11.4 Å². The van der Waals surface area contributed by atoms with Crippen molar-refractivity contribution in [2.24, 2.45) is 15.5 Å². The number of rotatable bonds is 3. The number of benzene rings is 1. The van der Waals surface area contributed by atoms with Crippen LogP contribution in [0.4, 0.5) is 11.4 Å². The Balaban J connectivity index is 2.20. The van der Waals surface area contributed by atoms with Gasteiger partial charge in [0.15, 0.2) is 0 Å². The maximum absolute atomic E-state index is 6.85. The van der Waals surface area contributed by atoms with Crippen LogP contribution in [0.3, 0.4) is 0 Å². The fourth-order valence-corrected chi connectivity index (χ4v) is 1.04. The molecular weight excluding hydrogens is 192 g/mol. The number of nitrogens with zero attached hydrogens (tertiary/aromatic N) is 5. The molecule has 0 amide bonds. The molecule has 1 aromatic carbocycles. The van der Waals surface area contributed by atoms with Crippen LogP contribution in [0.25, 0.3) is 0 Å². The molecule has 1 heterocycles. The van der Waals surface area contributed by atoms with Crippen LogP contribution >= 0.6 is 0 Å². The Bertz CT molecular complexity index is 473. The van der Waals surface area contributed by atoms with Crippen molar-refractivity contribution in [3.8, 4) is 0 Å². The molecule has 2 rings (SSSR count). The van der Waals surface area contributed by atoms with Crippen LogP contribution in [0.2, 0.25) is 0 Å². The van der Waals surface area contributed by atoms with Crippen LogP contribution in [0.1, 0.15) is 0 Å². The second-order valence-corrected chi connectivity index (χ2v) is 2.75. The number of aromatic nitrogens is 2. The van der Waals surface area contributed by atoms with Crippen molar-refractivity contribution in [2.45, 2.75) is 0 Å². The summed E-state index contributed by atoms with van der Waals surface area (Å²) in [4.78, 5) is 1.35. The average molecular weight is 200 g/mol. The van der Waals surface area contributed by atoms with Crippen LogP contribution in [0.5, 0.6) is 0 Å². The Morgan fingerprint density at radius 1 is 1.20 bits per heavy atom. The van der Waals surface area contributed by atoms with E-state index in [0.717, 1.165) is 0 Å². The molecule has 0 bridgehead atoms. The van der Waals surface area contributed by atoms with Gasteiger partial charge < -0.3 is 0 Å². The van der Waals surface area contributed by atoms with Crippen LogP contribution in [0, 0.1) is 5.53 Å². The molecule has 0 radical (unpaired) electrons. The Kier molecular flexibility index (Phi) is 2.59. The second kappa shape index (κ2) is 4.23. The molecule has 1 aromatic heterocycles. The fraction of sp³-hybridized carbons (Fsp3) is 0. The van der Waals surface area contributed by atoms with Gasteiger partial charge in [0.05, 0.1) is 23.8 Å². The standard InChI is InChI=1S/C9H8N6/c10-12-8-3-1-4-9(7-8)13-14-15-6-2-5-11-15/h1-7,10H. The summed E-state index contributed by atoms with van der Waals surface area (Å²) < 4.78 is 0. The van der Waals surface area contributed by atoms with Gasteiger partial charge in [-0.15, -0.1) is 9.91 Å². The van der Waals surface area contributed by atoms with E-state index in [1.165, 1.54) is 4.79 Å². The van der Waals surface area contributed by atoms with E-state index in [1.807, 2.05) is 0 Å². The van der Waals surface area contributed by atoms with E-state index >= 15 is 0 Å². The summed E-state index contributed by atoms with van der Waals surface area (Å²) in [5, 5.41) is 15.0. The van der Waals surface area contributed by atoms with Gasteiger partial charge in [-0.25, -0.2) is 5.53 Å². The van der Waals surface area contributed by atoms with Gasteiger partial charge in [0.1, 0.15) is 0 Å². The Morgan fingerprint density at radius 3 is 2.80 bits per heavy atom. The third kappa shape index (κ3) is 2.31. The lowest BCUT2D eigenvalue weighted by Crippen LogP contribution is -1.84. The normalized spacial score (nSPS) is 10.7. The monoisotopic (exact) mass is 200 g/mol. The molecule has 0 spiro atoms. The van der Waals surface area contributed by atoms with Crippen molar-refractivity contribution < 1.29 is 0 Å². The maximum atomic E-state index is 6.85. The SMILES string of the molecule is N=Nc1cccc(N=Nn2cccn2)c1. The van der Waals surface area contributed by atoms with Gasteiger partial charge in [-0.3, -0.25) is 0 Å². The van der Waals surface area contributed by atoms with Gasteiger partial charge in [0.25, 0.3) is 0 Å². The summed E-state index contributed by atoms with van der Waals surface area (Å²) in [6, 6.07) is 8.70. The van der Waals surface area contributed by atoms with Crippen LogP contribution < -0.4 is 0 Å². The van der Waals surface area contributed by atoms with E-state index in [1.54, 1.807) is 42.7 Å². The summed E-state index contributed by atoms with van der Waals surface area (Å²) in [7, 11) is 0. The quantitative estimate of drug-likeness (QED) is 0.759. The van der Waals surface area contributed by atoms with Crippen LogP contribution in [0.15, 0.2) is 58.2 Å². The summed E-state index contributed by atoms with van der Waals surface area (Å²) >= 11 is 0. The van der Waals surface area contributed by atoms with Crippen molar-refractivity contribution in [1.82, 2.24) is 9.89 Å². The van der Waals surface area contributed by atoms with E-state index in [4.69, 9.17) is 5.53 Å². The van der Waals surface area contributed by atoms with E-state index in [0.29, 0.717) is 11.4 Å². The zero-order valence-corrected chi connectivity index (χ0v) is 7.78. The minimum atomic E-state index is 0.548. The molecule has 0 fully saturated rings. The lowest BCUT2D eigenvalue weighted by atomic mass is 10.3. The van der Waals surface area contributed by atoms with Gasteiger partial charge >= 0.3 is 0 Å². The van der Waals surface area contributed by atoms with Crippen molar-refractivity contribution in [1.29, 1.82) is 5.53 Å². The van der Waals surface area contributed by atoms with Crippen molar-refractivity contribution in [3.05, 3.63) is 42.7 Å². The molecule has 2 aromatic rings. The Labute approximate surface area is 85.7 Å². The molecule has 0 aliphatic rings. The topological polar surface area (TPSA) is 78.8 Å². The molecule has 0 aliphatic carbocycles. The zero-order valence-electron chi connectivity index (χ0n) is 7.78. The highest BCUT2D eigenvalue weighted by Crippen LogP contribution is 2.20. The third-order valence-electron chi connectivity index (χ3n) is 1.70. The third-order valence-corrected chi connectivity index (χ3v) is 1.70. The average Bonchev–Trinajstić information content (AvgIpc) is 2.79. The predicted molar refractivity (Wildman–Crippen MR) is 53.4 cm³/mol. The highest BCUT2D eigenvalue weighted by molar-refractivity contribution is 5.49. The van der Waals surface area contributed by atoms with Gasteiger partial charge in [-0.1, -0.05) is 6.07 Å². The molecule has 1 N–H and O–H groups in total. The lowest BCUT2D eigenvalue weighted by molar-refractivity contribution is 0.692. The number of hydrogen-bond donors (Lipinski definition) is 1. The predicted octanol–water partition coefficient (Wildman–Crippen LogP) is 3.09. The molecule has 6 nitrogen and oxygen atoms in total. The summed E-state index contributed by atoms with van der Waals surface area (Å²) in [5.41, 5.74) is 8.03. The summed E-state index contributed by atoms with van der Waals surface area (Å²) in [6.07, 6.45) is 3.30. The van der Waals surface area contributed by atoms with E-state index in [9.17, 15) is 0 Å². The van der Waals surface area contributed by atoms with Crippen molar-refractivity contribution in [3.63, 3.8) is 0 Å². The van der Waals surface area contributed by atoms with Gasteiger partial charge in [-0.2, -0.15) is 10.2 Å². The first-order valence-electron chi connectivity index (χ1n) is 4.28. The highest BCUT2D eigenvalue weighted by Gasteiger charge is 1.92. The van der Waals surface area contributed by atoms with E-state index in [2.05, 4.69) is 20.6 Å². The first-order valence-corrected chi connectivity index (χ1v) is 4.28. The molecular formula is C9H8N6. The molecule has 0 saturated heterocycles. The fourth-order valence-electron chi connectivity index (χ4n) is 1.04. The highest BCUT2D eigenvalue weighted by atomic mass is 15.6. The smallest absolute Gasteiger partial charge is 0.0897 e. The molecule has 0 atom stereocenters. The second-order valence-electron chi connectivity index (χ2n) is 2.75. The van der Waals surface area contributed by atoms with Gasteiger partial charge in [0.2, 0.25) is 0 Å². The lowest BCUT2D eigenvalue weighted by Gasteiger charge is -1.93. The van der Waals surface area contributed by atoms with Gasteiger partial charge in [-0.05, 0) is 29.5 Å². The molecule has 74 valence electrons. The number of hydrogen-bond acceptors (Lipinski definition) is 5. The first-order chi connectivity index (χ1) is 7.38. The van der Waals surface area contributed by atoms with E-state index in [-0.39, 0.29) is 0 Å². The summed E-state index contributed by atoms with van der Waals surface area (Å²) in [6.45, 7) is 0. The number of nitrogens with one attached hydrogen (secondary N) is 1. The Morgan fingerprint density at radius 2 is 2.07 bits per heavy atom. The van der Waals surface area contributed by atoms with Crippen LogP contribution in [-0.4, -0.2) is 9.89 Å². The minimum Gasteiger partial charge on any atom is -0.204 e. The first kappa shape index (κ1) is 9.20. The summed E-state index contributed by atoms with van der Waals surface area (Å²) in [5.74, 6) is 0. The Hall–Kier alpha value is -2.37. The molecule has 0 unspecified atom stereocenters. The van der Waals surface area contributed by atoms with Crippen molar-refractivity contribution in [2.75, 3.05) is 0 Å². The van der Waals surface area contributed by atoms with Crippen LogP contribution in [-0.2, 0) is 0 Å². The molecule has 0 aliphatic heterocycles. The molecule has 15 heavy (non-hydrogen) atoms.